The number of carbonyl (C=O) groups is 2. The largest absolute Gasteiger partial charge is 0.390 e. The molecule has 4 fully saturated rings. The first-order valence-corrected chi connectivity index (χ1v) is 14.5. The SMILES string of the molecule is CCC(CC)CN1C[C@@H]2C[C@H]3[C@@H]4C[C@H](F)C5=CC(=O)C=C[C@]5(C)[C@@]4(F)[C@@H](O)C[C@]3(C)[C@]2(C(=O)SCF)O1. The first-order chi connectivity index (χ1) is 17.4. The molecule has 0 radical (unpaired) electrons. The number of alkyl halides is 3. The van der Waals surface area contributed by atoms with Crippen LogP contribution in [0.3, 0.4) is 0 Å². The van der Waals surface area contributed by atoms with Crippen LogP contribution in [0.1, 0.15) is 59.8 Å². The summed E-state index contributed by atoms with van der Waals surface area (Å²) in [5.74, 6) is -1.67. The molecule has 5 aliphatic rings. The molecule has 1 heterocycles. The van der Waals surface area contributed by atoms with E-state index in [9.17, 15) is 19.1 Å². The summed E-state index contributed by atoms with van der Waals surface area (Å²) >= 11 is 0.566. The first kappa shape index (κ1) is 27.4. The number of halogens is 3. The number of hydrogen-bond acceptors (Lipinski definition) is 6. The van der Waals surface area contributed by atoms with Crippen molar-refractivity contribution in [2.45, 2.75) is 83.3 Å². The summed E-state index contributed by atoms with van der Waals surface area (Å²) in [7, 11) is 0. The summed E-state index contributed by atoms with van der Waals surface area (Å²) in [6.07, 6.45) is 2.88. The van der Waals surface area contributed by atoms with E-state index in [0.29, 0.717) is 37.2 Å². The van der Waals surface area contributed by atoms with Crippen molar-refractivity contribution >= 4 is 22.7 Å². The van der Waals surface area contributed by atoms with Crippen molar-refractivity contribution in [1.29, 1.82) is 0 Å². The van der Waals surface area contributed by atoms with Crippen molar-refractivity contribution in [1.82, 2.24) is 5.06 Å². The van der Waals surface area contributed by atoms with Gasteiger partial charge in [-0.1, -0.05) is 51.5 Å². The Kier molecular flexibility index (Phi) is 6.82. The van der Waals surface area contributed by atoms with Gasteiger partial charge in [0, 0.05) is 35.8 Å². The first-order valence-electron chi connectivity index (χ1n) is 13.6. The predicted molar refractivity (Wildman–Crippen MR) is 136 cm³/mol. The molecule has 1 aliphatic heterocycles. The highest BCUT2D eigenvalue weighted by Crippen LogP contribution is 2.73. The minimum atomic E-state index is -2.21. The number of hydroxylamine groups is 2. The summed E-state index contributed by atoms with van der Waals surface area (Å²) in [5.41, 5.74) is -6.04. The average Bonchev–Trinajstić information content (AvgIpc) is 3.33. The molecule has 5 rings (SSSR count). The molecular formula is C28H38F3NO4S. The van der Waals surface area contributed by atoms with E-state index in [2.05, 4.69) is 13.8 Å². The summed E-state index contributed by atoms with van der Waals surface area (Å²) in [5, 5.41) is 12.9. The van der Waals surface area contributed by atoms with E-state index in [1.54, 1.807) is 6.92 Å². The lowest BCUT2D eigenvalue weighted by atomic mass is 9.44. The van der Waals surface area contributed by atoms with Gasteiger partial charge in [-0.3, -0.25) is 14.4 Å². The van der Waals surface area contributed by atoms with Crippen LogP contribution in [0.5, 0.6) is 0 Å². The van der Waals surface area contributed by atoms with E-state index < -0.39 is 57.3 Å². The fourth-order valence-corrected chi connectivity index (χ4v) is 9.51. The Morgan fingerprint density at radius 1 is 1.27 bits per heavy atom. The van der Waals surface area contributed by atoms with E-state index in [1.165, 1.54) is 18.2 Å². The zero-order valence-electron chi connectivity index (χ0n) is 22.0. The zero-order chi connectivity index (χ0) is 27.0. The molecule has 206 valence electrons. The molecule has 5 nitrogen and oxygen atoms in total. The topological polar surface area (TPSA) is 66.8 Å². The van der Waals surface area contributed by atoms with E-state index in [4.69, 9.17) is 4.84 Å². The van der Waals surface area contributed by atoms with Crippen LogP contribution in [0.4, 0.5) is 13.2 Å². The number of hydrogen-bond donors (Lipinski definition) is 1. The van der Waals surface area contributed by atoms with Gasteiger partial charge in [0.05, 0.1) is 6.10 Å². The molecule has 0 aromatic rings. The summed E-state index contributed by atoms with van der Waals surface area (Å²) in [6, 6.07) is -0.902. The van der Waals surface area contributed by atoms with Gasteiger partial charge in [0.2, 0.25) is 5.12 Å². The van der Waals surface area contributed by atoms with Crippen molar-refractivity contribution in [3.63, 3.8) is 0 Å². The third kappa shape index (κ3) is 3.48. The smallest absolute Gasteiger partial charge is 0.226 e. The number of allylic oxidation sites excluding steroid dienone is 4. The molecule has 37 heavy (non-hydrogen) atoms. The standard InChI is InChI=1S/C28H38F3NO4S/c1-5-16(6-2)13-32-14-17-9-19-20-11-22(30)21-10-18(33)7-8-25(21,3)27(20,31)23(34)12-26(19,4)28(17,36-32)24(35)37-15-29/h7-8,10,16-17,19-20,22-23,34H,5-6,9,11-15H2,1-4H3/t17-,19-,20-,22-,23-,25-,26-,27-,28-/m0/s1. The monoisotopic (exact) mass is 541 g/mol. The Hall–Kier alpha value is -1.16. The van der Waals surface area contributed by atoms with Crippen LogP contribution in [0.2, 0.25) is 0 Å². The van der Waals surface area contributed by atoms with Crippen LogP contribution in [-0.4, -0.2) is 63.7 Å². The molecule has 1 saturated heterocycles. The van der Waals surface area contributed by atoms with Gasteiger partial charge < -0.3 is 5.11 Å². The van der Waals surface area contributed by atoms with Crippen LogP contribution >= 0.6 is 11.8 Å². The van der Waals surface area contributed by atoms with E-state index in [0.717, 1.165) is 12.8 Å². The lowest BCUT2D eigenvalue weighted by Crippen LogP contribution is -2.70. The number of ketones is 1. The molecule has 3 saturated carbocycles. The minimum absolute atomic E-state index is 0.0693. The minimum Gasteiger partial charge on any atom is -0.390 e. The third-order valence-electron chi connectivity index (χ3n) is 10.8. The van der Waals surface area contributed by atoms with E-state index in [1.807, 2.05) is 12.0 Å². The number of carbonyl (C=O) groups excluding carboxylic acids is 2. The molecule has 4 aliphatic carbocycles. The molecule has 9 heteroatoms. The van der Waals surface area contributed by atoms with Crippen molar-refractivity contribution in [2.24, 2.45) is 34.5 Å². The highest BCUT2D eigenvalue weighted by atomic mass is 32.2. The van der Waals surface area contributed by atoms with Crippen LogP contribution in [0, 0.1) is 34.5 Å². The summed E-state index contributed by atoms with van der Waals surface area (Å²) < 4.78 is 46.6. The second kappa shape index (κ2) is 9.20. The molecule has 0 aromatic heterocycles. The van der Waals surface area contributed by atoms with Crippen molar-refractivity contribution in [3.05, 3.63) is 23.8 Å². The highest BCUT2D eigenvalue weighted by Gasteiger charge is 2.79. The van der Waals surface area contributed by atoms with Gasteiger partial charge in [-0.25, -0.2) is 13.2 Å². The van der Waals surface area contributed by atoms with Crippen molar-refractivity contribution < 1.29 is 32.7 Å². The number of rotatable bonds is 6. The number of thioether (sulfide) groups is 1. The van der Waals surface area contributed by atoms with Gasteiger partial charge in [-0.15, -0.1) is 0 Å². The fourth-order valence-electron chi connectivity index (χ4n) is 8.76. The van der Waals surface area contributed by atoms with Crippen molar-refractivity contribution in [2.75, 3.05) is 19.1 Å². The molecule has 1 N–H and O–H groups in total. The van der Waals surface area contributed by atoms with Gasteiger partial charge >= 0.3 is 0 Å². The maximum Gasteiger partial charge on any atom is 0.226 e. The Bertz CT molecular complexity index is 1030. The summed E-state index contributed by atoms with van der Waals surface area (Å²) in [4.78, 5) is 32.2. The Morgan fingerprint density at radius 2 is 1.97 bits per heavy atom. The van der Waals surface area contributed by atoms with Crippen molar-refractivity contribution in [3.8, 4) is 0 Å². The molecule has 0 spiro atoms. The summed E-state index contributed by atoms with van der Waals surface area (Å²) in [6.45, 7) is 8.71. The third-order valence-corrected chi connectivity index (χ3v) is 11.5. The number of aliphatic hydroxyl groups excluding tert-OH is 1. The van der Waals surface area contributed by atoms with Crippen LogP contribution in [-0.2, 0) is 14.4 Å². The maximum atomic E-state index is 17.4. The Balaban J connectivity index is 1.57. The quantitative estimate of drug-likeness (QED) is 0.502. The second-order valence-corrected chi connectivity index (χ2v) is 13.1. The van der Waals surface area contributed by atoms with Crippen LogP contribution in [0.25, 0.3) is 0 Å². The zero-order valence-corrected chi connectivity index (χ0v) is 22.8. The van der Waals surface area contributed by atoms with E-state index >= 15 is 8.78 Å². The number of aliphatic hydroxyl groups is 1. The molecule has 0 aromatic carbocycles. The second-order valence-electron chi connectivity index (χ2n) is 12.2. The molecular weight excluding hydrogens is 503 g/mol. The van der Waals surface area contributed by atoms with E-state index in [-0.39, 0.29) is 30.1 Å². The van der Waals surface area contributed by atoms with Crippen LogP contribution in [0.15, 0.2) is 23.8 Å². The van der Waals surface area contributed by atoms with Gasteiger partial charge in [0.15, 0.2) is 17.1 Å². The number of nitrogens with zero attached hydrogens (tertiary/aromatic N) is 1. The highest BCUT2D eigenvalue weighted by molar-refractivity contribution is 8.13. The molecule has 0 bridgehead atoms. The average molecular weight is 542 g/mol. The fraction of sp³-hybridized carbons (Fsp3) is 0.786. The van der Waals surface area contributed by atoms with Gasteiger partial charge in [-0.2, -0.15) is 5.06 Å². The lowest BCUT2D eigenvalue weighted by Gasteiger charge is -2.63. The molecule has 9 atom stereocenters. The molecule has 0 unspecified atom stereocenters. The van der Waals surface area contributed by atoms with Gasteiger partial charge in [0.1, 0.15) is 12.2 Å². The van der Waals surface area contributed by atoms with Gasteiger partial charge in [-0.05, 0) is 55.7 Å². The maximum absolute atomic E-state index is 17.4. The van der Waals surface area contributed by atoms with Crippen LogP contribution < -0.4 is 0 Å². The predicted octanol–water partition coefficient (Wildman–Crippen LogP) is 5.14. The Morgan fingerprint density at radius 3 is 2.62 bits per heavy atom. The number of fused-ring (bicyclic) bond motifs is 7. The Labute approximate surface area is 221 Å². The normalized spacial score (nSPS) is 46.9. The lowest BCUT2D eigenvalue weighted by molar-refractivity contribution is -0.265. The van der Waals surface area contributed by atoms with Gasteiger partial charge in [0.25, 0.3) is 0 Å². The molecule has 0 amide bonds.